The topological polar surface area (TPSA) is 236 Å². The highest BCUT2D eigenvalue weighted by Crippen LogP contribution is 2.40. The van der Waals surface area contributed by atoms with E-state index in [2.05, 4.69) is 25.4 Å². The molecule has 5 aliphatic rings. The number of anilines is 2. The highest BCUT2D eigenvalue weighted by molar-refractivity contribution is 7.91. The Morgan fingerprint density at radius 2 is 1.03 bits per heavy atom. The van der Waals surface area contributed by atoms with Crippen LogP contribution in [-0.4, -0.2) is 188 Å². The van der Waals surface area contributed by atoms with Crippen molar-refractivity contribution in [3.63, 3.8) is 0 Å². The summed E-state index contributed by atoms with van der Waals surface area (Å²) in [6, 6.07) is 0. The van der Waals surface area contributed by atoms with E-state index in [1.807, 2.05) is 0 Å². The molecule has 412 valence electrons. The maximum atomic E-state index is 13.8. The quantitative estimate of drug-likeness (QED) is 0.179. The number of amides is 1. The molecule has 7 heterocycles. The summed E-state index contributed by atoms with van der Waals surface area (Å²) in [5.74, 6) is -11.2. The van der Waals surface area contributed by atoms with Crippen molar-refractivity contribution in [1.82, 2.24) is 34.0 Å². The fraction of sp³-hybridized carbons (Fsp3) is 0.756. The Kier molecular flexibility index (Phi) is 18.5. The van der Waals surface area contributed by atoms with Gasteiger partial charge in [-0.15, -0.1) is 0 Å². The number of hydrogen-bond donors (Lipinski definition) is 2. The lowest BCUT2D eigenvalue weighted by atomic mass is 9.98. The van der Waals surface area contributed by atoms with Crippen LogP contribution < -0.4 is 15.3 Å². The molecule has 1 atom stereocenters. The van der Waals surface area contributed by atoms with Gasteiger partial charge in [-0.3, -0.25) is 19.6 Å². The maximum Gasteiger partial charge on any atom is 0.453 e. The molecule has 0 bridgehead atoms. The van der Waals surface area contributed by atoms with Crippen LogP contribution >= 0.6 is 0 Å². The SMILES string of the molecule is O=C(NOC1CCCCO1)C1(S(=O)(=O)N2CCN(c3cnc(CCC(F)(F)C(F)(F)F)cn3)CC2)CCOCC1.O=C(O)C1(S(=O)(=O)N2CCN(c3cnc(CCC(F)(F)C(F)(F)F)cn3)CC2)CCOCC1. The number of nitrogens with one attached hydrogen (secondary N) is 1. The van der Waals surface area contributed by atoms with Gasteiger partial charge in [0.05, 0.1) is 36.2 Å². The largest absolute Gasteiger partial charge is 0.480 e. The maximum absolute atomic E-state index is 13.8. The Balaban J connectivity index is 0.000000243. The minimum Gasteiger partial charge on any atom is -0.480 e. The van der Waals surface area contributed by atoms with Crippen LogP contribution in [-0.2, 0) is 61.5 Å². The minimum absolute atomic E-state index is 0.000539. The number of aryl methyl sites for hydroxylation is 2. The number of alkyl halides is 10. The van der Waals surface area contributed by atoms with E-state index in [0.717, 1.165) is 29.5 Å². The van der Waals surface area contributed by atoms with Gasteiger partial charge in [0, 0.05) is 130 Å². The van der Waals surface area contributed by atoms with Gasteiger partial charge in [0.15, 0.2) is 15.8 Å². The second kappa shape index (κ2) is 23.3. The van der Waals surface area contributed by atoms with Gasteiger partial charge in [-0.2, -0.15) is 52.5 Å². The standard InChI is InChI=1S/C23H32F5N5O6S.C18H23F5N4O5S/c24-22(25,23(26,27)28)5-4-17-15-30-18(16-29-17)32-8-10-33(11-9-32)40(35,36)21(6-13-37-14-7-21)20(34)31-39-19-3-1-2-12-38-19;19-17(20,18(21,22)23)2-1-13-11-25-14(12-24-13)26-5-7-27(8-6-26)33(30,31)16(15(28)29)3-9-32-10-4-16/h15-16,19H,1-14H2,(H,31,34);11-12H,1-10H2,(H,28,29). The Morgan fingerprint density at radius 1 is 0.616 bits per heavy atom. The second-order valence-electron chi connectivity index (χ2n) is 17.8. The summed E-state index contributed by atoms with van der Waals surface area (Å²) < 4.78 is 195. The molecule has 1 unspecified atom stereocenters. The average Bonchev–Trinajstić information content (AvgIpc) is 3.37. The number of aromatic nitrogens is 4. The first-order valence-corrected chi connectivity index (χ1v) is 26.0. The Hall–Kier alpha value is -4.34. The summed E-state index contributed by atoms with van der Waals surface area (Å²) in [4.78, 5) is 49.9. The van der Waals surface area contributed by atoms with Crippen LogP contribution in [0.2, 0.25) is 0 Å². The number of hydroxylamine groups is 1. The van der Waals surface area contributed by atoms with Crippen LogP contribution in [0.1, 0.15) is 69.2 Å². The van der Waals surface area contributed by atoms with E-state index >= 15 is 0 Å². The molecule has 1 amide bonds. The minimum atomic E-state index is -5.64. The van der Waals surface area contributed by atoms with E-state index in [9.17, 15) is 75.4 Å². The zero-order valence-electron chi connectivity index (χ0n) is 39.1. The van der Waals surface area contributed by atoms with Gasteiger partial charge in [-0.1, -0.05) is 0 Å². The summed E-state index contributed by atoms with van der Waals surface area (Å²) in [6.45, 7) is 1.52. The number of carboxylic acids is 1. The zero-order valence-corrected chi connectivity index (χ0v) is 40.7. The summed E-state index contributed by atoms with van der Waals surface area (Å²) in [6.07, 6.45) is -9.39. The number of carbonyl (C=O) groups is 2. The molecular formula is C41H55F10N9O11S2. The van der Waals surface area contributed by atoms with Crippen LogP contribution in [0, 0.1) is 0 Å². The first kappa shape index (κ1) is 57.9. The first-order chi connectivity index (χ1) is 34.2. The van der Waals surface area contributed by atoms with E-state index < -0.39 is 97.6 Å². The van der Waals surface area contributed by atoms with Crippen LogP contribution in [0.3, 0.4) is 0 Å². The van der Waals surface area contributed by atoms with Crippen LogP contribution in [0.5, 0.6) is 0 Å². The van der Waals surface area contributed by atoms with Gasteiger partial charge < -0.3 is 29.1 Å². The smallest absolute Gasteiger partial charge is 0.453 e. The number of piperazine rings is 2. The van der Waals surface area contributed by atoms with Gasteiger partial charge >= 0.3 is 30.2 Å². The molecule has 7 rings (SSSR count). The van der Waals surface area contributed by atoms with Crippen molar-refractivity contribution in [2.45, 2.75) is 111 Å². The second-order valence-corrected chi connectivity index (χ2v) is 22.3. The summed E-state index contributed by atoms with van der Waals surface area (Å²) in [7, 11) is -8.31. The lowest BCUT2D eigenvalue weighted by molar-refractivity contribution is -0.284. The number of sulfonamides is 2. The molecule has 5 fully saturated rings. The average molecular weight is 1100 g/mol. The number of aliphatic carboxylic acids is 1. The van der Waals surface area contributed by atoms with Crippen LogP contribution in [0.4, 0.5) is 55.5 Å². The van der Waals surface area contributed by atoms with Gasteiger partial charge in [-0.25, -0.2) is 37.1 Å². The third-order valence-corrected chi connectivity index (χ3v) is 18.5. The Morgan fingerprint density at radius 3 is 1.38 bits per heavy atom. The molecule has 2 N–H and O–H groups in total. The number of ether oxygens (including phenoxy) is 3. The lowest BCUT2D eigenvalue weighted by Crippen LogP contribution is -2.62. The molecule has 5 aliphatic heterocycles. The molecule has 0 aliphatic carbocycles. The molecule has 32 heteroatoms. The van der Waals surface area contributed by atoms with Gasteiger partial charge in [0.2, 0.25) is 20.0 Å². The summed E-state index contributed by atoms with van der Waals surface area (Å²) in [5.41, 5.74) is 2.25. The highest BCUT2D eigenvalue weighted by Gasteiger charge is 2.59. The van der Waals surface area contributed by atoms with E-state index in [-0.39, 0.29) is 116 Å². The number of hydrogen-bond acceptors (Lipinski definition) is 16. The third-order valence-electron chi connectivity index (χ3n) is 13.2. The zero-order chi connectivity index (χ0) is 53.5. The molecule has 2 aromatic heterocycles. The molecule has 0 aromatic carbocycles. The van der Waals surface area contributed by atoms with Crippen molar-refractivity contribution in [2.75, 3.05) is 95.2 Å². The van der Waals surface area contributed by atoms with Crippen LogP contribution in [0.25, 0.3) is 0 Å². The predicted molar refractivity (Wildman–Crippen MR) is 234 cm³/mol. The van der Waals surface area contributed by atoms with E-state index in [0.29, 0.717) is 24.7 Å². The van der Waals surface area contributed by atoms with E-state index in [4.69, 9.17) is 19.0 Å². The predicted octanol–water partition coefficient (Wildman–Crippen LogP) is 3.87. The first-order valence-electron chi connectivity index (χ1n) is 23.1. The molecule has 73 heavy (non-hydrogen) atoms. The van der Waals surface area contributed by atoms with E-state index in [1.54, 1.807) is 9.80 Å². The number of carbonyl (C=O) groups excluding carboxylic acids is 1. The van der Waals surface area contributed by atoms with Crippen molar-refractivity contribution in [2.24, 2.45) is 0 Å². The normalized spacial score (nSPS) is 22.0. The number of carboxylic acid groups (broad SMARTS) is 1. The third kappa shape index (κ3) is 13.2. The summed E-state index contributed by atoms with van der Waals surface area (Å²) in [5, 5.41) is 9.65. The molecule has 0 radical (unpaired) electrons. The molecule has 0 saturated carbocycles. The number of rotatable bonds is 16. The van der Waals surface area contributed by atoms with Crippen LogP contribution in [0.15, 0.2) is 24.8 Å². The monoisotopic (exact) mass is 1100 g/mol. The number of halogens is 10. The molecule has 20 nitrogen and oxygen atoms in total. The lowest BCUT2D eigenvalue weighted by Gasteiger charge is -2.42. The molecule has 2 aromatic rings. The van der Waals surface area contributed by atoms with Crippen molar-refractivity contribution in [1.29, 1.82) is 0 Å². The Bertz CT molecular complexity index is 2380. The van der Waals surface area contributed by atoms with Gasteiger partial charge in [-0.05, 0) is 25.7 Å². The van der Waals surface area contributed by atoms with E-state index in [1.165, 1.54) is 16.7 Å². The highest BCUT2D eigenvalue weighted by atomic mass is 32.2. The van der Waals surface area contributed by atoms with Crippen molar-refractivity contribution in [3.05, 3.63) is 36.2 Å². The fourth-order valence-electron chi connectivity index (χ4n) is 8.55. The van der Waals surface area contributed by atoms with Crippen molar-refractivity contribution in [3.8, 4) is 0 Å². The fourth-order valence-corrected chi connectivity index (χ4v) is 12.7. The molecule has 5 saturated heterocycles. The van der Waals surface area contributed by atoms with Crippen molar-refractivity contribution >= 4 is 43.6 Å². The summed E-state index contributed by atoms with van der Waals surface area (Å²) >= 11 is 0. The van der Waals surface area contributed by atoms with Crippen molar-refractivity contribution < 1.29 is 94.5 Å². The number of nitrogens with zero attached hydrogens (tertiary/aromatic N) is 8. The Labute approximate surface area is 413 Å². The van der Waals surface area contributed by atoms with Gasteiger partial charge in [0.1, 0.15) is 11.6 Å². The molecular weight excluding hydrogens is 1050 g/mol. The molecule has 0 spiro atoms. The van der Waals surface area contributed by atoms with Gasteiger partial charge in [0.25, 0.3) is 5.91 Å².